The number of aromatic nitrogens is 1. The number of nitrogens with zero attached hydrogens (tertiary/aromatic N) is 4. The van der Waals surface area contributed by atoms with Crippen molar-refractivity contribution in [3.63, 3.8) is 0 Å². The Kier molecular flexibility index (Phi) is 5.57. The Morgan fingerprint density at radius 3 is 2.80 bits per heavy atom. The van der Waals surface area contributed by atoms with Crippen LogP contribution in [0.4, 0.5) is 0 Å². The van der Waals surface area contributed by atoms with E-state index in [-0.39, 0.29) is 11.4 Å². The van der Waals surface area contributed by atoms with Gasteiger partial charge in [-0.05, 0) is 61.2 Å². The number of para-hydroxylation sites is 2. The Bertz CT molecular complexity index is 1150. The van der Waals surface area contributed by atoms with Crippen molar-refractivity contribution < 1.29 is 9.53 Å². The molecule has 2 aromatic rings. The zero-order chi connectivity index (χ0) is 21.4. The van der Waals surface area contributed by atoms with Gasteiger partial charge in [0.1, 0.15) is 5.75 Å². The number of fused-ring (bicyclic) bond motifs is 1. The van der Waals surface area contributed by atoms with Crippen molar-refractivity contribution in [1.82, 2.24) is 9.58 Å². The second-order valence-electron chi connectivity index (χ2n) is 6.65. The molecule has 7 nitrogen and oxygen atoms in total. The number of rotatable bonds is 4. The highest BCUT2D eigenvalue weighted by atomic mass is 32.2. The second kappa shape index (κ2) is 8.16. The Hall–Kier alpha value is -2.78. The largest absolute Gasteiger partial charge is 0.495 e. The van der Waals surface area contributed by atoms with Gasteiger partial charge in [-0.15, -0.1) is 5.10 Å². The van der Waals surface area contributed by atoms with Crippen LogP contribution in [-0.4, -0.2) is 43.7 Å². The van der Waals surface area contributed by atoms with Gasteiger partial charge in [-0.25, -0.2) is 0 Å². The van der Waals surface area contributed by atoms with Gasteiger partial charge in [0, 0.05) is 11.4 Å². The summed E-state index contributed by atoms with van der Waals surface area (Å²) in [5, 5.41) is 14.8. The third-order valence-corrected chi connectivity index (χ3v) is 6.72. The first-order chi connectivity index (χ1) is 14.4. The Morgan fingerprint density at radius 1 is 1.30 bits per heavy atom. The van der Waals surface area contributed by atoms with Crippen molar-refractivity contribution in [3.8, 4) is 11.4 Å². The highest BCUT2D eigenvalue weighted by molar-refractivity contribution is 8.45. The summed E-state index contributed by atoms with van der Waals surface area (Å²) in [4.78, 5) is 16.8. The summed E-state index contributed by atoms with van der Waals surface area (Å²) in [6.45, 7) is 6.02. The fraction of sp³-hybridized carbons (Fsp3) is 0.238. The average molecular weight is 440 g/mol. The van der Waals surface area contributed by atoms with E-state index in [9.17, 15) is 4.79 Å². The van der Waals surface area contributed by atoms with E-state index < -0.39 is 5.91 Å². The molecule has 1 N–H and O–H groups in total. The minimum absolute atomic E-state index is 0.0475. The molecule has 0 saturated heterocycles. The first kappa shape index (κ1) is 20.5. The summed E-state index contributed by atoms with van der Waals surface area (Å²) in [6, 6.07) is 9.78. The van der Waals surface area contributed by atoms with Crippen LogP contribution < -0.4 is 4.74 Å². The first-order valence-electron chi connectivity index (χ1n) is 9.40. The van der Waals surface area contributed by atoms with E-state index in [1.807, 2.05) is 51.1 Å². The molecule has 2 aliphatic heterocycles. The van der Waals surface area contributed by atoms with Gasteiger partial charge in [0.05, 0.1) is 18.4 Å². The van der Waals surface area contributed by atoms with Gasteiger partial charge in [0.25, 0.3) is 5.91 Å². The summed E-state index contributed by atoms with van der Waals surface area (Å²) in [7, 11) is 1.65. The van der Waals surface area contributed by atoms with Crippen LogP contribution in [0.3, 0.4) is 0 Å². The van der Waals surface area contributed by atoms with Crippen LogP contribution in [-0.2, 0) is 4.79 Å². The van der Waals surface area contributed by atoms with Gasteiger partial charge in [0.15, 0.2) is 10.2 Å². The van der Waals surface area contributed by atoms with E-state index in [4.69, 9.17) is 10.1 Å². The molecule has 0 bridgehead atoms. The van der Waals surface area contributed by atoms with Crippen LogP contribution in [0.1, 0.15) is 23.9 Å². The minimum atomic E-state index is -0.418. The molecular formula is C21H21N5O2S2. The summed E-state index contributed by atoms with van der Waals surface area (Å²) >= 11 is 2.90. The van der Waals surface area contributed by atoms with Crippen molar-refractivity contribution in [2.45, 2.75) is 20.8 Å². The number of benzene rings is 1. The summed E-state index contributed by atoms with van der Waals surface area (Å²) in [5.74, 6) is 1.26. The zero-order valence-corrected chi connectivity index (χ0v) is 18.7. The lowest BCUT2D eigenvalue weighted by atomic mass is 10.1. The normalized spacial score (nSPS) is 17.3. The molecule has 2 aliphatic rings. The van der Waals surface area contributed by atoms with Gasteiger partial charge >= 0.3 is 0 Å². The van der Waals surface area contributed by atoms with Crippen molar-refractivity contribution in [2.24, 2.45) is 10.1 Å². The third kappa shape index (κ3) is 3.48. The SMILES string of the molecule is CCSC1=NN2C(=N)/C(=C/c3cc(C)n(-c4ccccc4OC)c3C)C(=O)N=C2S1. The number of amidine groups is 2. The number of carbonyl (C=O) groups is 1. The monoisotopic (exact) mass is 439 g/mol. The topological polar surface area (TPSA) is 83.0 Å². The third-order valence-electron chi connectivity index (χ3n) is 4.80. The fourth-order valence-corrected chi connectivity index (χ4v) is 5.26. The molecule has 0 saturated carbocycles. The smallest absolute Gasteiger partial charge is 0.283 e. The molecule has 1 amide bonds. The maximum absolute atomic E-state index is 12.7. The van der Waals surface area contributed by atoms with E-state index in [0.29, 0.717) is 5.17 Å². The van der Waals surface area contributed by atoms with Crippen molar-refractivity contribution in [3.05, 3.63) is 52.9 Å². The second-order valence-corrected chi connectivity index (χ2v) is 9.12. The number of carbonyl (C=O) groups excluding carboxylic acids is 1. The number of thioether (sulfide) groups is 2. The lowest BCUT2D eigenvalue weighted by Crippen LogP contribution is -2.35. The molecule has 0 atom stereocenters. The zero-order valence-electron chi connectivity index (χ0n) is 17.1. The summed E-state index contributed by atoms with van der Waals surface area (Å²) in [5.41, 5.74) is 3.95. The van der Waals surface area contributed by atoms with Gasteiger partial charge in [0.2, 0.25) is 5.17 Å². The van der Waals surface area contributed by atoms with Gasteiger partial charge in [-0.1, -0.05) is 30.8 Å². The molecule has 0 spiro atoms. The Labute approximate surface area is 183 Å². The summed E-state index contributed by atoms with van der Waals surface area (Å²) in [6.07, 6.45) is 1.73. The molecule has 9 heteroatoms. The number of methoxy groups -OCH3 is 1. The lowest BCUT2D eigenvalue weighted by Gasteiger charge is -2.20. The van der Waals surface area contributed by atoms with Crippen LogP contribution in [0.5, 0.6) is 5.75 Å². The standard InChI is InChI=1S/C21H21N5O2S2/c1-5-29-21-24-26-18(22)15(19(27)23-20(26)30-21)11-14-10-12(2)25(13(14)3)16-8-6-7-9-17(16)28-4/h6-11,22H,5H2,1-4H3/b15-11-,22-18?. The molecule has 0 fully saturated rings. The average Bonchev–Trinajstić information content (AvgIpc) is 3.25. The molecule has 1 aromatic carbocycles. The maximum Gasteiger partial charge on any atom is 0.283 e. The van der Waals surface area contributed by atoms with Crippen LogP contribution in [0.2, 0.25) is 0 Å². The highest BCUT2D eigenvalue weighted by Gasteiger charge is 2.35. The molecule has 30 heavy (non-hydrogen) atoms. The minimum Gasteiger partial charge on any atom is -0.495 e. The Balaban J connectivity index is 1.75. The number of hydrogen-bond acceptors (Lipinski definition) is 6. The fourth-order valence-electron chi connectivity index (χ4n) is 3.43. The number of hydrazone groups is 1. The van der Waals surface area contributed by atoms with E-state index in [2.05, 4.69) is 14.7 Å². The number of hydrogen-bond donors (Lipinski definition) is 1. The molecule has 4 rings (SSSR count). The number of ether oxygens (including phenoxy) is 1. The molecule has 0 aliphatic carbocycles. The predicted octanol–water partition coefficient (Wildman–Crippen LogP) is 4.43. The van der Waals surface area contributed by atoms with E-state index in [0.717, 1.165) is 38.5 Å². The van der Waals surface area contributed by atoms with Crippen LogP contribution >= 0.6 is 23.5 Å². The predicted molar refractivity (Wildman–Crippen MR) is 125 cm³/mol. The van der Waals surface area contributed by atoms with E-state index >= 15 is 0 Å². The van der Waals surface area contributed by atoms with E-state index in [1.54, 1.807) is 24.9 Å². The van der Waals surface area contributed by atoms with Crippen LogP contribution in [0.15, 0.2) is 46.0 Å². The molecule has 1 aromatic heterocycles. The molecule has 0 radical (unpaired) electrons. The summed E-state index contributed by atoms with van der Waals surface area (Å²) < 4.78 is 8.39. The molecule has 0 unspecified atom stereocenters. The van der Waals surface area contributed by atoms with Crippen molar-refractivity contribution >= 4 is 50.9 Å². The highest BCUT2D eigenvalue weighted by Crippen LogP contribution is 2.33. The van der Waals surface area contributed by atoms with Crippen LogP contribution in [0.25, 0.3) is 11.8 Å². The number of aliphatic imine (C=N–C) groups is 1. The molecule has 3 heterocycles. The number of aryl methyl sites for hydroxylation is 1. The number of nitrogens with one attached hydrogen (secondary N) is 1. The van der Waals surface area contributed by atoms with E-state index in [1.165, 1.54) is 16.8 Å². The van der Waals surface area contributed by atoms with Crippen molar-refractivity contribution in [1.29, 1.82) is 5.41 Å². The molecule has 154 valence electrons. The lowest BCUT2D eigenvalue weighted by molar-refractivity contribution is -0.114. The quantitative estimate of drug-likeness (QED) is 0.713. The maximum atomic E-state index is 12.7. The van der Waals surface area contributed by atoms with Crippen LogP contribution in [0, 0.1) is 19.3 Å². The number of amides is 1. The first-order valence-corrected chi connectivity index (χ1v) is 11.2. The van der Waals surface area contributed by atoms with Crippen molar-refractivity contribution in [2.75, 3.05) is 12.9 Å². The molecular weight excluding hydrogens is 418 g/mol. The van der Waals surface area contributed by atoms with Gasteiger partial charge in [-0.3, -0.25) is 10.2 Å². The Morgan fingerprint density at radius 2 is 2.07 bits per heavy atom. The van der Waals surface area contributed by atoms with Gasteiger partial charge in [-0.2, -0.15) is 10.0 Å². The van der Waals surface area contributed by atoms with Gasteiger partial charge < -0.3 is 9.30 Å².